The molecule has 1 aliphatic rings. The van der Waals surface area contributed by atoms with Crippen molar-refractivity contribution in [3.63, 3.8) is 0 Å². The average Bonchev–Trinajstić information content (AvgIpc) is 2.53. The fourth-order valence-corrected chi connectivity index (χ4v) is 2.95. The summed E-state index contributed by atoms with van der Waals surface area (Å²) < 4.78 is 5.84. The Morgan fingerprint density at radius 1 is 1.00 bits per heavy atom. The highest BCUT2D eigenvalue weighted by Gasteiger charge is 2.22. The van der Waals surface area contributed by atoms with E-state index in [4.69, 9.17) is 4.74 Å². The maximum absolute atomic E-state index is 5.84. The summed E-state index contributed by atoms with van der Waals surface area (Å²) in [5.41, 5.74) is 3.05. The normalized spacial score (nSPS) is 15.7. The van der Waals surface area contributed by atoms with Gasteiger partial charge in [-0.25, -0.2) is 15.0 Å². The largest absolute Gasteiger partial charge is 0.477 e. The average molecular weight is 312 g/mol. The molecule has 122 valence electrons. The lowest BCUT2D eigenvalue weighted by atomic mass is 9.98. The van der Waals surface area contributed by atoms with Crippen molar-refractivity contribution < 1.29 is 4.74 Å². The molecule has 0 unspecified atom stereocenters. The van der Waals surface area contributed by atoms with Gasteiger partial charge in [0.1, 0.15) is 0 Å². The predicted molar refractivity (Wildman–Crippen MR) is 90.9 cm³/mol. The van der Waals surface area contributed by atoms with Crippen molar-refractivity contribution in [3.8, 4) is 5.88 Å². The number of ether oxygens (including phenoxy) is 1. The van der Waals surface area contributed by atoms with Gasteiger partial charge in [0.2, 0.25) is 11.8 Å². The van der Waals surface area contributed by atoms with E-state index in [0.29, 0.717) is 5.92 Å². The van der Waals surface area contributed by atoms with Crippen LogP contribution in [0.5, 0.6) is 5.88 Å². The second-order valence-electron chi connectivity index (χ2n) is 6.31. The molecule has 3 heterocycles. The standard InChI is InChI=1S/C18H24N4O/c1-13-5-4-6-17(19-13)23-12-16-7-9-22(10-8-16)18-20-14(2)11-15(3)21-18/h4-6,11,16H,7-10,12H2,1-3H3. The first-order valence-electron chi connectivity index (χ1n) is 8.24. The van der Waals surface area contributed by atoms with Gasteiger partial charge in [-0.2, -0.15) is 0 Å². The topological polar surface area (TPSA) is 51.1 Å². The van der Waals surface area contributed by atoms with E-state index < -0.39 is 0 Å². The Balaban J connectivity index is 1.52. The Kier molecular flexibility index (Phi) is 4.74. The predicted octanol–water partition coefficient (Wildman–Crippen LogP) is 3.09. The molecule has 0 radical (unpaired) electrons. The lowest BCUT2D eigenvalue weighted by Gasteiger charge is -2.32. The molecule has 0 aliphatic carbocycles. The molecular weight excluding hydrogens is 288 g/mol. The van der Waals surface area contributed by atoms with E-state index in [-0.39, 0.29) is 0 Å². The smallest absolute Gasteiger partial charge is 0.225 e. The molecular formula is C18H24N4O. The first-order chi connectivity index (χ1) is 11.1. The van der Waals surface area contributed by atoms with Gasteiger partial charge in [-0.05, 0) is 51.7 Å². The van der Waals surface area contributed by atoms with Gasteiger partial charge in [-0.3, -0.25) is 0 Å². The van der Waals surface area contributed by atoms with Crippen molar-refractivity contribution in [3.05, 3.63) is 41.3 Å². The van der Waals surface area contributed by atoms with Gasteiger partial charge in [0.05, 0.1) is 6.61 Å². The third-order valence-corrected chi connectivity index (χ3v) is 4.20. The summed E-state index contributed by atoms with van der Waals surface area (Å²) in [6.45, 7) is 8.73. The molecule has 0 aromatic carbocycles. The zero-order valence-corrected chi connectivity index (χ0v) is 14.1. The van der Waals surface area contributed by atoms with E-state index >= 15 is 0 Å². The Morgan fingerprint density at radius 2 is 1.70 bits per heavy atom. The summed E-state index contributed by atoms with van der Waals surface area (Å²) in [7, 11) is 0. The SMILES string of the molecule is Cc1cccc(OCC2CCN(c3nc(C)cc(C)n3)CC2)n1. The van der Waals surface area contributed by atoms with Crippen molar-refractivity contribution in [2.24, 2.45) is 5.92 Å². The summed E-state index contributed by atoms with van der Waals surface area (Å²) in [6, 6.07) is 7.90. The molecule has 0 bridgehead atoms. The maximum atomic E-state index is 5.84. The van der Waals surface area contributed by atoms with Crippen LogP contribution in [0.1, 0.15) is 29.9 Å². The molecule has 3 rings (SSSR count). The van der Waals surface area contributed by atoms with Gasteiger partial charge in [-0.1, -0.05) is 6.07 Å². The van der Waals surface area contributed by atoms with E-state index in [9.17, 15) is 0 Å². The van der Waals surface area contributed by atoms with E-state index in [1.165, 1.54) is 0 Å². The lowest BCUT2D eigenvalue weighted by Crippen LogP contribution is -2.36. The molecule has 1 fully saturated rings. The maximum Gasteiger partial charge on any atom is 0.225 e. The minimum absolute atomic E-state index is 0.569. The van der Waals surface area contributed by atoms with Gasteiger partial charge in [-0.15, -0.1) is 0 Å². The minimum Gasteiger partial charge on any atom is -0.477 e. The number of anilines is 1. The minimum atomic E-state index is 0.569. The number of aromatic nitrogens is 3. The zero-order valence-electron chi connectivity index (χ0n) is 14.1. The molecule has 0 N–H and O–H groups in total. The Morgan fingerprint density at radius 3 is 2.35 bits per heavy atom. The van der Waals surface area contributed by atoms with Crippen LogP contribution in [0.4, 0.5) is 5.95 Å². The third-order valence-electron chi connectivity index (χ3n) is 4.20. The van der Waals surface area contributed by atoms with E-state index in [0.717, 1.165) is 61.4 Å². The van der Waals surface area contributed by atoms with Gasteiger partial charge in [0.25, 0.3) is 0 Å². The lowest BCUT2D eigenvalue weighted by molar-refractivity contribution is 0.215. The van der Waals surface area contributed by atoms with Crippen LogP contribution in [-0.4, -0.2) is 34.6 Å². The quantitative estimate of drug-likeness (QED) is 0.868. The number of aryl methyl sites for hydroxylation is 3. The highest BCUT2D eigenvalue weighted by atomic mass is 16.5. The van der Waals surface area contributed by atoms with E-state index in [2.05, 4.69) is 19.9 Å². The second-order valence-corrected chi connectivity index (χ2v) is 6.31. The van der Waals surface area contributed by atoms with Gasteiger partial charge in [0.15, 0.2) is 0 Å². The number of hydrogen-bond acceptors (Lipinski definition) is 5. The van der Waals surface area contributed by atoms with Crippen molar-refractivity contribution in [2.45, 2.75) is 33.6 Å². The van der Waals surface area contributed by atoms with Gasteiger partial charge in [0, 0.05) is 36.2 Å². The van der Waals surface area contributed by atoms with E-state index in [1.54, 1.807) is 0 Å². The Bertz CT molecular complexity index is 646. The summed E-state index contributed by atoms with van der Waals surface area (Å²) in [6.07, 6.45) is 2.20. The summed E-state index contributed by atoms with van der Waals surface area (Å²) in [5.74, 6) is 2.16. The molecule has 1 aliphatic heterocycles. The number of hydrogen-bond donors (Lipinski definition) is 0. The Labute approximate surface area is 137 Å². The fourth-order valence-electron chi connectivity index (χ4n) is 2.95. The summed E-state index contributed by atoms with van der Waals surface area (Å²) in [4.78, 5) is 15.8. The van der Waals surface area contributed by atoms with Gasteiger partial charge < -0.3 is 9.64 Å². The molecule has 0 spiro atoms. The number of piperidine rings is 1. The van der Waals surface area contributed by atoms with Crippen LogP contribution < -0.4 is 9.64 Å². The third kappa shape index (κ3) is 4.18. The molecule has 23 heavy (non-hydrogen) atoms. The molecule has 0 atom stereocenters. The van der Waals surface area contributed by atoms with Crippen molar-refractivity contribution >= 4 is 5.95 Å². The van der Waals surface area contributed by atoms with Crippen LogP contribution >= 0.6 is 0 Å². The van der Waals surface area contributed by atoms with Crippen LogP contribution in [0, 0.1) is 26.7 Å². The highest BCUT2D eigenvalue weighted by Crippen LogP contribution is 2.22. The van der Waals surface area contributed by atoms with Gasteiger partial charge >= 0.3 is 0 Å². The number of rotatable bonds is 4. The van der Waals surface area contributed by atoms with Crippen LogP contribution in [0.3, 0.4) is 0 Å². The molecule has 0 amide bonds. The molecule has 0 saturated carbocycles. The van der Waals surface area contributed by atoms with Crippen LogP contribution in [0.15, 0.2) is 24.3 Å². The van der Waals surface area contributed by atoms with E-state index in [1.807, 2.05) is 45.0 Å². The van der Waals surface area contributed by atoms with Crippen molar-refractivity contribution in [1.29, 1.82) is 0 Å². The molecule has 1 saturated heterocycles. The second kappa shape index (κ2) is 6.94. The van der Waals surface area contributed by atoms with Crippen LogP contribution in [0.2, 0.25) is 0 Å². The Hall–Kier alpha value is -2.17. The molecule has 2 aromatic heterocycles. The monoisotopic (exact) mass is 312 g/mol. The number of pyridine rings is 1. The van der Waals surface area contributed by atoms with Crippen molar-refractivity contribution in [1.82, 2.24) is 15.0 Å². The first-order valence-corrected chi connectivity index (χ1v) is 8.24. The molecule has 2 aromatic rings. The fraction of sp³-hybridized carbons (Fsp3) is 0.500. The molecule has 5 heteroatoms. The van der Waals surface area contributed by atoms with Crippen molar-refractivity contribution in [2.75, 3.05) is 24.6 Å². The van der Waals surface area contributed by atoms with Crippen LogP contribution in [-0.2, 0) is 0 Å². The highest BCUT2D eigenvalue weighted by molar-refractivity contribution is 5.32. The number of nitrogens with zero attached hydrogens (tertiary/aromatic N) is 4. The summed E-state index contributed by atoms with van der Waals surface area (Å²) in [5, 5.41) is 0. The summed E-state index contributed by atoms with van der Waals surface area (Å²) >= 11 is 0. The molecule has 5 nitrogen and oxygen atoms in total. The van der Waals surface area contributed by atoms with Crippen LogP contribution in [0.25, 0.3) is 0 Å². The zero-order chi connectivity index (χ0) is 16.2. The first kappa shape index (κ1) is 15.7.